The molecule has 1 aromatic carbocycles. The van der Waals surface area contributed by atoms with E-state index >= 15 is 0 Å². The molecule has 0 fully saturated rings. The van der Waals surface area contributed by atoms with Gasteiger partial charge in [0.05, 0.1) is 16.8 Å². The van der Waals surface area contributed by atoms with Crippen LogP contribution in [0, 0.1) is 6.92 Å². The number of rotatable bonds is 3. The Morgan fingerprint density at radius 3 is 2.50 bits per heavy atom. The van der Waals surface area contributed by atoms with E-state index in [1.807, 2.05) is 24.3 Å². The minimum atomic E-state index is -4.40. The van der Waals surface area contributed by atoms with Crippen LogP contribution in [0.1, 0.15) is 29.3 Å². The summed E-state index contributed by atoms with van der Waals surface area (Å²) in [4.78, 5) is 0. The fraction of sp³-hybridized carbons (Fsp3) is 0.211. The molecule has 2 aromatic heterocycles. The zero-order valence-corrected chi connectivity index (χ0v) is 14.1. The molecule has 0 saturated carbocycles. The van der Waals surface area contributed by atoms with Gasteiger partial charge in [-0.15, -0.1) is 0 Å². The molecule has 3 rings (SSSR count). The van der Waals surface area contributed by atoms with Gasteiger partial charge in [0, 0.05) is 17.1 Å². The highest BCUT2D eigenvalue weighted by molar-refractivity contribution is 7.79. The number of fused-ring (bicyclic) bond motifs is 1. The van der Waals surface area contributed by atoms with Gasteiger partial charge in [0.1, 0.15) is 0 Å². The Labute approximate surface area is 143 Å². The molecule has 0 N–H and O–H groups in total. The third kappa shape index (κ3) is 2.73. The summed E-state index contributed by atoms with van der Waals surface area (Å²) in [6, 6.07) is 9.99. The Morgan fingerprint density at radius 2 is 1.88 bits per heavy atom. The quantitative estimate of drug-likeness (QED) is 0.538. The molecule has 24 heavy (non-hydrogen) atoms. The second-order valence-electron chi connectivity index (χ2n) is 5.73. The summed E-state index contributed by atoms with van der Waals surface area (Å²) in [6.07, 6.45) is -2.03. The molecule has 0 bridgehead atoms. The van der Waals surface area contributed by atoms with Crippen LogP contribution in [0.25, 0.3) is 16.6 Å². The molecule has 3 aromatic rings. The Kier molecular flexibility index (Phi) is 4.22. The van der Waals surface area contributed by atoms with E-state index in [1.54, 1.807) is 30.5 Å². The molecule has 5 heteroatoms. The number of pyridine rings is 1. The van der Waals surface area contributed by atoms with Crippen molar-refractivity contribution in [2.45, 2.75) is 26.4 Å². The first-order chi connectivity index (χ1) is 11.4. The molecule has 0 aliphatic carbocycles. The van der Waals surface area contributed by atoms with Crippen molar-refractivity contribution in [2.24, 2.45) is 0 Å². The van der Waals surface area contributed by atoms with Crippen LogP contribution >= 0.6 is 12.2 Å². The van der Waals surface area contributed by atoms with Gasteiger partial charge in [0.15, 0.2) is 0 Å². The number of halogens is 3. The second kappa shape index (κ2) is 6.06. The zero-order chi connectivity index (χ0) is 17.5. The lowest BCUT2D eigenvalue weighted by Gasteiger charge is -2.17. The fourth-order valence-electron chi connectivity index (χ4n) is 3.08. The van der Waals surface area contributed by atoms with Crippen molar-refractivity contribution in [3.8, 4) is 11.1 Å². The average Bonchev–Trinajstić information content (AvgIpc) is 2.96. The van der Waals surface area contributed by atoms with Crippen LogP contribution in [0.4, 0.5) is 13.2 Å². The van der Waals surface area contributed by atoms with Crippen molar-refractivity contribution in [1.29, 1.82) is 0 Å². The number of nitrogens with zero attached hydrogens (tertiary/aromatic N) is 1. The van der Waals surface area contributed by atoms with Crippen LogP contribution in [0.15, 0.2) is 42.6 Å². The van der Waals surface area contributed by atoms with Crippen LogP contribution in [0.2, 0.25) is 0 Å². The minimum Gasteiger partial charge on any atom is -0.316 e. The second-order valence-corrected chi connectivity index (χ2v) is 5.96. The van der Waals surface area contributed by atoms with E-state index in [-0.39, 0.29) is 5.56 Å². The Morgan fingerprint density at radius 1 is 1.12 bits per heavy atom. The van der Waals surface area contributed by atoms with E-state index in [9.17, 15) is 13.2 Å². The van der Waals surface area contributed by atoms with Gasteiger partial charge < -0.3 is 4.40 Å². The van der Waals surface area contributed by atoms with Gasteiger partial charge in [-0.05, 0) is 54.3 Å². The number of hydrogen-bond acceptors (Lipinski definition) is 1. The van der Waals surface area contributed by atoms with Gasteiger partial charge in [-0.25, -0.2) is 0 Å². The standard InChI is InChI=1S/C19H16F3NS/c1-3-13-10-17(19(20,21)22)16(9-12(13)2)15-5-4-8-23-14(11-24)6-7-18(15)23/h4-11H,3H2,1-2H3. The van der Waals surface area contributed by atoms with Crippen molar-refractivity contribution >= 4 is 23.1 Å². The van der Waals surface area contributed by atoms with E-state index in [1.165, 1.54) is 11.4 Å². The largest absolute Gasteiger partial charge is 0.417 e. The van der Waals surface area contributed by atoms with Gasteiger partial charge in [-0.1, -0.05) is 31.3 Å². The lowest BCUT2D eigenvalue weighted by molar-refractivity contribution is -0.137. The maximum Gasteiger partial charge on any atom is 0.417 e. The summed E-state index contributed by atoms with van der Waals surface area (Å²) < 4.78 is 42.7. The molecule has 0 aliphatic rings. The average molecular weight is 347 g/mol. The van der Waals surface area contributed by atoms with Gasteiger partial charge in [-0.3, -0.25) is 0 Å². The topological polar surface area (TPSA) is 4.41 Å². The van der Waals surface area contributed by atoms with Crippen molar-refractivity contribution in [3.63, 3.8) is 0 Å². The number of benzene rings is 1. The predicted octanol–water partition coefficient (Wildman–Crippen LogP) is 5.84. The molecule has 0 atom stereocenters. The molecule has 0 unspecified atom stereocenters. The lowest BCUT2D eigenvalue weighted by atomic mass is 9.93. The third-order valence-electron chi connectivity index (χ3n) is 4.30. The number of hydrogen-bond donors (Lipinski definition) is 0. The molecule has 2 heterocycles. The van der Waals surface area contributed by atoms with Crippen LogP contribution in [0.3, 0.4) is 0 Å². The maximum atomic E-state index is 13.6. The van der Waals surface area contributed by atoms with Gasteiger partial charge in [-0.2, -0.15) is 13.2 Å². The SMILES string of the molecule is CCc1cc(C(F)(F)F)c(-c2cccn3c(C=S)ccc23)cc1C. The normalized spacial score (nSPS) is 11.9. The molecule has 124 valence electrons. The number of aryl methyl sites for hydroxylation is 2. The van der Waals surface area contributed by atoms with E-state index in [0.29, 0.717) is 23.1 Å². The maximum absolute atomic E-state index is 13.6. The first kappa shape index (κ1) is 16.7. The van der Waals surface area contributed by atoms with Gasteiger partial charge in [0.25, 0.3) is 0 Å². The van der Waals surface area contributed by atoms with E-state index in [0.717, 1.165) is 11.3 Å². The van der Waals surface area contributed by atoms with Crippen molar-refractivity contribution < 1.29 is 13.2 Å². The molecule has 0 radical (unpaired) electrons. The summed E-state index contributed by atoms with van der Waals surface area (Å²) in [5.74, 6) is 0. The summed E-state index contributed by atoms with van der Waals surface area (Å²) in [5.41, 5.74) is 3.23. The first-order valence-corrected chi connectivity index (χ1v) is 8.10. The van der Waals surface area contributed by atoms with Gasteiger partial charge >= 0.3 is 6.18 Å². The highest BCUT2D eigenvalue weighted by Gasteiger charge is 2.34. The molecule has 0 aliphatic heterocycles. The number of aromatic nitrogens is 1. The number of alkyl halides is 3. The highest BCUT2D eigenvalue weighted by Crippen LogP contribution is 2.40. The molecule has 0 amide bonds. The monoisotopic (exact) mass is 347 g/mol. The van der Waals surface area contributed by atoms with E-state index in [4.69, 9.17) is 12.2 Å². The lowest BCUT2D eigenvalue weighted by Crippen LogP contribution is -2.09. The summed E-state index contributed by atoms with van der Waals surface area (Å²) in [7, 11) is 0. The fourth-order valence-corrected chi connectivity index (χ4v) is 3.27. The summed E-state index contributed by atoms with van der Waals surface area (Å²) in [5, 5.41) is 1.52. The Balaban J connectivity index is 2.36. The van der Waals surface area contributed by atoms with E-state index in [2.05, 4.69) is 0 Å². The molecular formula is C19H16F3NS. The summed E-state index contributed by atoms with van der Waals surface area (Å²) >= 11 is 4.97. The highest BCUT2D eigenvalue weighted by atomic mass is 32.1. The van der Waals surface area contributed by atoms with Crippen molar-refractivity contribution in [3.05, 3.63) is 65.0 Å². The Bertz CT molecular complexity index is 922. The minimum absolute atomic E-state index is 0.205. The van der Waals surface area contributed by atoms with Crippen LogP contribution in [-0.4, -0.2) is 9.77 Å². The van der Waals surface area contributed by atoms with Crippen LogP contribution < -0.4 is 0 Å². The van der Waals surface area contributed by atoms with E-state index < -0.39 is 11.7 Å². The molecular weight excluding hydrogens is 331 g/mol. The molecule has 0 saturated heterocycles. The van der Waals surface area contributed by atoms with Crippen molar-refractivity contribution in [1.82, 2.24) is 4.40 Å². The molecule has 1 nitrogen and oxygen atoms in total. The smallest absolute Gasteiger partial charge is 0.316 e. The van der Waals surface area contributed by atoms with Crippen LogP contribution in [0.5, 0.6) is 0 Å². The van der Waals surface area contributed by atoms with Crippen molar-refractivity contribution in [2.75, 3.05) is 0 Å². The number of thiocarbonyl (C=S) groups is 1. The third-order valence-corrected chi connectivity index (χ3v) is 4.54. The van der Waals surface area contributed by atoms with Crippen LogP contribution in [-0.2, 0) is 12.6 Å². The zero-order valence-electron chi connectivity index (χ0n) is 13.3. The summed E-state index contributed by atoms with van der Waals surface area (Å²) in [6.45, 7) is 3.71. The Hall–Kier alpha value is -2.14. The molecule has 0 spiro atoms. The predicted molar refractivity (Wildman–Crippen MR) is 94.7 cm³/mol. The van der Waals surface area contributed by atoms with Gasteiger partial charge in [0.2, 0.25) is 0 Å². The first-order valence-electron chi connectivity index (χ1n) is 7.63.